The maximum atomic E-state index is 2.29. The van der Waals surface area contributed by atoms with Crippen molar-refractivity contribution in [1.29, 1.82) is 0 Å². The summed E-state index contributed by atoms with van der Waals surface area (Å²) in [6.07, 6.45) is 2.20. The van der Waals surface area contributed by atoms with Gasteiger partial charge in [-0.3, -0.25) is 0 Å². The van der Waals surface area contributed by atoms with Gasteiger partial charge in [0, 0.05) is 0 Å². The Morgan fingerprint density at radius 2 is 1.70 bits per heavy atom. The van der Waals surface area contributed by atoms with E-state index >= 15 is 0 Å². The minimum absolute atomic E-state index is 0.413. The molecule has 0 N–H and O–H groups in total. The molecule has 60 valence electrons. The zero-order valence-corrected chi connectivity index (χ0v) is 8.15. The van der Waals surface area contributed by atoms with E-state index < -0.39 is 0 Å². The first-order chi connectivity index (χ1) is 4.39. The van der Waals surface area contributed by atoms with E-state index in [1.165, 1.54) is 5.57 Å². The molecule has 0 nitrogen and oxygen atoms in total. The molecule has 0 aromatic carbocycles. The minimum Gasteiger partial charge on any atom is -0.0884 e. The van der Waals surface area contributed by atoms with Crippen LogP contribution in [0.1, 0.15) is 41.5 Å². The van der Waals surface area contributed by atoms with Crippen molar-refractivity contribution in [1.82, 2.24) is 0 Å². The lowest BCUT2D eigenvalue weighted by Gasteiger charge is -2.27. The summed E-state index contributed by atoms with van der Waals surface area (Å²) in [6, 6.07) is 0. The molecule has 0 rings (SSSR count). The molecule has 0 heterocycles. The van der Waals surface area contributed by atoms with Crippen LogP contribution in [0.25, 0.3) is 0 Å². The van der Waals surface area contributed by atoms with E-state index in [2.05, 4.69) is 47.6 Å². The molecule has 0 unspecified atom stereocenters. The summed E-state index contributed by atoms with van der Waals surface area (Å²) in [4.78, 5) is 0. The predicted octanol–water partition coefficient (Wildman–Crippen LogP) is 3.63. The molecule has 0 amide bonds. The molecule has 0 aromatic rings. The number of allylic oxidation sites excluding steroid dienone is 2. The highest BCUT2D eigenvalue weighted by atomic mass is 14.2. The van der Waals surface area contributed by atoms with Crippen molar-refractivity contribution < 1.29 is 0 Å². The summed E-state index contributed by atoms with van der Waals surface area (Å²) in [5.41, 5.74) is 1.91. The van der Waals surface area contributed by atoms with Gasteiger partial charge in [-0.1, -0.05) is 39.3 Å². The van der Waals surface area contributed by atoms with Gasteiger partial charge in [0.1, 0.15) is 0 Å². The normalized spacial score (nSPS) is 17.2. The molecule has 1 atom stereocenters. The van der Waals surface area contributed by atoms with Crippen LogP contribution in [0.3, 0.4) is 0 Å². The zero-order chi connectivity index (χ0) is 8.36. The van der Waals surface area contributed by atoms with E-state index in [0.29, 0.717) is 11.3 Å². The Kier molecular flexibility index (Phi) is 3.14. The monoisotopic (exact) mass is 140 g/mol. The first kappa shape index (κ1) is 9.74. The Hall–Kier alpha value is -0.260. The average Bonchev–Trinajstić information content (AvgIpc) is 1.83. The van der Waals surface area contributed by atoms with Crippen LogP contribution in [-0.2, 0) is 0 Å². The van der Waals surface area contributed by atoms with Gasteiger partial charge in [0.2, 0.25) is 0 Å². The molecule has 0 saturated heterocycles. The fourth-order valence-corrected chi connectivity index (χ4v) is 0.933. The van der Waals surface area contributed by atoms with Gasteiger partial charge in [0.05, 0.1) is 0 Å². The van der Waals surface area contributed by atoms with Crippen LogP contribution in [0, 0.1) is 11.3 Å². The Morgan fingerprint density at radius 3 is 1.80 bits per heavy atom. The van der Waals surface area contributed by atoms with Gasteiger partial charge in [-0.2, -0.15) is 0 Å². The van der Waals surface area contributed by atoms with Crippen molar-refractivity contribution in [3.63, 3.8) is 0 Å². The van der Waals surface area contributed by atoms with Crippen LogP contribution in [0.4, 0.5) is 0 Å². The third-order valence-corrected chi connectivity index (χ3v) is 2.44. The van der Waals surface area contributed by atoms with Gasteiger partial charge in [-0.15, -0.1) is 0 Å². The first-order valence-electron chi connectivity index (χ1n) is 4.02. The molecule has 10 heavy (non-hydrogen) atoms. The molecule has 0 fully saturated rings. The maximum Gasteiger partial charge on any atom is -0.0186 e. The molecular formula is C10H20. The molecule has 0 bridgehead atoms. The van der Waals surface area contributed by atoms with Crippen molar-refractivity contribution in [2.75, 3.05) is 0 Å². The Morgan fingerprint density at radius 1 is 1.30 bits per heavy atom. The van der Waals surface area contributed by atoms with E-state index in [0.717, 1.165) is 0 Å². The molecule has 0 aliphatic rings. The smallest absolute Gasteiger partial charge is 0.0186 e. The fourth-order valence-electron chi connectivity index (χ4n) is 0.933. The van der Waals surface area contributed by atoms with Gasteiger partial charge >= 0.3 is 0 Å². The first-order valence-corrected chi connectivity index (χ1v) is 4.02. The fraction of sp³-hybridized carbons (Fsp3) is 0.800. The Labute approximate surface area is 65.3 Å². The van der Waals surface area contributed by atoms with Crippen LogP contribution in [0.15, 0.2) is 11.6 Å². The Balaban J connectivity index is 4.23. The molecule has 0 saturated carbocycles. The van der Waals surface area contributed by atoms with Crippen LogP contribution >= 0.6 is 0 Å². The number of hydrogen-bond acceptors (Lipinski definition) is 0. The zero-order valence-electron chi connectivity index (χ0n) is 8.15. The summed E-state index contributed by atoms with van der Waals surface area (Å²) in [6.45, 7) is 13.4. The number of hydrogen-bond donors (Lipinski definition) is 0. The predicted molar refractivity (Wildman–Crippen MR) is 48.1 cm³/mol. The second-order valence-corrected chi connectivity index (χ2v) is 4.12. The molecule has 0 aliphatic carbocycles. The summed E-state index contributed by atoms with van der Waals surface area (Å²) >= 11 is 0. The van der Waals surface area contributed by atoms with E-state index in [4.69, 9.17) is 0 Å². The molecule has 0 heteroatoms. The maximum absolute atomic E-state index is 2.29. The summed E-state index contributed by atoms with van der Waals surface area (Å²) < 4.78 is 0. The third-order valence-electron chi connectivity index (χ3n) is 2.44. The standard InChI is InChI=1S/C10H20/c1-7-8(2)9(3)10(4,5)6/h7,9H,1-6H3/b8-7+/t9-/m1/s1. The van der Waals surface area contributed by atoms with Crippen molar-refractivity contribution in [3.05, 3.63) is 11.6 Å². The lowest BCUT2D eigenvalue weighted by Crippen LogP contribution is -2.17. The minimum atomic E-state index is 0.413. The quantitative estimate of drug-likeness (QED) is 0.488. The van der Waals surface area contributed by atoms with Gasteiger partial charge in [-0.25, -0.2) is 0 Å². The molecule has 0 aliphatic heterocycles. The third kappa shape index (κ3) is 2.55. The van der Waals surface area contributed by atoms with Crippen molar-refractivity contribution in [3.8, 4) is 0 Å². The van der Waals surface area contributed by atoms with Gasteiger partial charge in [-0.05, 0) is 25.2 Å². The van der Waals surface area contributed by atoms with Crippen molar-refractivity contribution >= 4 is 0 Å². The molecule has 0 spiro atoms. The van der Waals surface area contributed by atoms with E-state index in [-0.39, 0.29) is 0 Å². The topological polar surface area (TPSA) is 0 Å². The van der Waals surface area contributed by atoms with Crippen LogP contribution < -0.4 is 0 Å². The van der Waals surface area contributed by atoms with Crippen LogP contribution in [0.5, 0.6) is 0 Å². The van der Waals surface area contributed by atoms with E-state index in [1.807, 2.05) is 0 Å². The van der Waals surface area contributed by atoms with Crippen molar-refractivity contribution in [2.24, 2.45) is 11.3 Å². The highest BCUT2D eigenvalue weighted by Gasteiger charge is 2.20. The average molecular weight is 140 g/mol. The van der Waals surface area contributed by atoms with Crippen LogP contribution in [-0.4, -0.2) is 0 Å². The summed E-state index contributed by atoms with van der Waals surface area (Å²) in [7, 11) is 0. The molecule has 0 aromatic heterocycles. The summed E-state index contributed by atoms with van der Waals surface area (Å²) in [5.74, 6) is 0.692. The van der Waals surface area contributed by atoms with Gasteiger partial charge in [0.15, 0.2) is 0 Å². The highest BCUT2D eigenvalue weighted by molar-refractivity contribution is 5.03. The highest BCUT2D eigenvalue weighted by Crippen LogP contribution is 2.30. The lowest BCUT2D eigenvalue weighted by atomic mass is 9.78. The number of rotatable bonds is 1. The second kappa shape index (κ2) is 3.23. The molecule has 0 radical (unpaired) electrons. The van der Waals surface area contributed by atoms with E-state index in [9.17, 15) is 0 Å². The second-order valence-electron chi connectivity index (χ2n) is 4.12. The lowest BCUT2D eigenvalue weighted by molar-refractivity contribution is 0.300. The largest absolute Gasteiger partial charge is 0.0884 e. The van der Waals surface area contributed by atoms with Crippen molar-refractivity contribution in [2.45, 2.75) is 41.5 Å². The van der Waals surface area contributed by atoms with Gasteiger partial charge < -0.3 is 0 Å². The van der Waals surface area contributed by atoms with E-state index in [1.54, 1.807) is 0 Å². The SMILES string of the molecule is C/C=C(\C)[C@@H](C)C(C)(C)C. The Bertz CT molecular complexity index is 123. The summed E-state index contributed by atoms with van der Waals surface area (Å²) in [5, 5.41) is 0. The molecular weight excluding hydrogens is 120 g/mol. The van der Waals surface area contributed by atoms with Gasteiger partial charge in [0.25, 0.3) is 0 Å². The van der Waals surface area contributed by atoms with Crippen LogP contribution in [0.2, 0.25) is 0 Å².